The number of carboxylic acids is 1. The molecule has 0 saturated heterocycles. The van der Waals surface area contributed by atoms with E-state index >= 15 is 0 Å². The second kappa shape index (κ2) is 15.1. The van der Waals surface area contributed by atoms with Gasteiger partial charge in [0.15, 0.2) is 5.96 Å². The fourth-order valence-electron chi connectivity index (χ4n) is 3.96. The molecule has 0 unspecified atom stereocenters. The zero-order valence-corrected chi connectivity index (χ0v) is 27.6. The van der Waals surface area contributed by atoms with E-state index in [9.17, 15) is 30.0 Å². The highest BCUT2D eigenvalue weighted by molar-refractivity contribution is 8.01. The molecule has 1 heterocycles. The number of nitrogens with two attached hydrogens (primary N) is 2. The molecule has 0 spiro atoms. The largest absolute Gasteiger partial charge is 0.490 e. The molecule has 0 aliphatic heterocycles. The third-order valence-electron chi connectivity index (χ3n) is 6.08. The van der Waals surface area contributed by atoms with Crippen LogP contribution in [0.5, 0.6) is 0 Å². The molecular weight excluding hydrogens is 676 g/mol. The number of alkyl halides is 3. The van der Waals surface area contributed by atoms with E-state index in [0.717, 1.165) is 28.7 Å². The molecule has 0 atom stereocenters. The van der Waals surface area contributed by atoms with Crippen molar-refractivity contribution in [2.24, 2.45) is 11.5 Å². The maximum Gasteiger partial charge on any atom is 0.490 e. The number of aryl methyl sites for hydroxylation is 1. The Bertz CT molecular complexity index is 1790. The first-order valence-corrected chi connectivity index (χ1v) is 18.4. The molecule has 7 N–H and O–H groups in total. The highest BCUT2D eigenvalue weighted by Crippen LogP contribution is 2.41. The monoisotopic (exact) mass is 707 g/mol. The van der Waals surface area contributed by atoms with Gasteiger partial charge in [-0.2, -0.15) is 13.2 Å². The first kappa shape index (κ1) is 37.6. The lowest BCUT2D eigenvalue weighted by Gasteiger charge is -2.26. The first-order chi connectivity index (χ1) is 20.7. The zero-order valence-electron chi connectivity index (χ0n) is 24.3. The maximum atomic E-state index is 14.2. The number of hydrogen-bond acceptors (Lipinski definition) is 9. The average Bonchev–Trinajstić information content (AvgIpc) is 3.38. The minimum atomic E-state index is -5.08. The second-order valence-electron chi connectivity index (χ2n) is 9.56. The highest BCUT2D eigenvalue weighted by Gasteiger charge is 2.38. The first-order valence-electron chi connectivity index (χ1n) is 12.8. The second-order valence-corrected chi connectivity index (χ2v) is 15.8. The number of rotatable bonds is 11. The summed E-state index contributed by atoms with van der Waals surface area (Å²) < 4.78 is 83.7. The Morgan fingerprint density at radius 1 is 1.02 bits per heavy atom. The number of amidine groups is 1. The molecule has 0 bridgehead atoms. The van der Waals surface area contributed by atoms with Crippen LogP contribution in [0.4, 0.5) is 18.9 Å². The van der Waals surface area contributed by atoms with Crippen molar-refractivity contribution in [1.29, 1.82) is 10.8 Å². The fraction of sp³-hybridized carbons (Fsp3) is 0.296. The normalized spacial score (nSPS) is 11.8. The molecule has 3 aromatic rings. The Kier molecular flexibility index (Phi) is 12.6. The van der Waals surface area contributed by atoms with Gasteiger partial charge in [0.1, 0.15) is 15.7 Å². The molecule has 0 aliphatic rings. The zero-order chi connectivity index (χ0) is 34.3. The van der Waals surface area contributed by atoms with Crippen LogP contribution in [0, 0.1) is 17.7 Å². The van der Waals surface area contributed by atoms with Gasteiger partial charge in [0.25, 0.3) is 0 Å². The van der Waals surface area contributed by atoms with E-state index in [2.05, 4.69) is 0 Å². The molecule has 11 nitrogen and oxygen atoms in total. The van der Waals surface area contributed by atoms with Gasteiger partial charge in [-0.3, -0.25) is 10.8 Å². The van der Waals surface area contributed by atoms with Crippen molar-refractivity contribution in [2.45, 2.75) is 39.9 Å². The number of anilines is 1. The van der Waals surface area contributed by atoms with Crippen LogP contribution in [0.15, 0.2) is 62.5 Å². The lowest BCUT2D eigenvalue weighted by molar-refractivity contribution is -0.192. The number of guanidine groups is 1. The summed E-state index contributed by atoms with van der Waals surface area (Å²) in [4.78, 5) is 10.6. The summed E-state index contributed by atoms with van der Waals surface area (Å²) in [6.07, 6.45) is -1.45. The van der Waals surface area contributed by atoms with Crippen LogP contribution in [0.3, 0.4) is 0 Å². The van der Waals surface area contributed by atoms with Crippen molar-refractivity contribution in [2.75, 3.05) is 29.7 Å². The van der Waals surface area contributed by atoms with Crippen LogP contribution < -0.4 is 16.4 Å². The number of carboxylic acid groups (broad SMARTS) is 1. The number of benzene rings is 2. The lowest BCUT2D eigenvalue weighted by atomic mass is 10.0. The maximum absolute atomic E-state index is 14.2. The van der Waals surface area contributed by atoms with E-state index in [1.807, 2.05) is 31.2 Å². The van der Waals surface area contributed by atoms with Gasteiger partial charge in [0, 0.05) is 18.6 Å². The van der Waals surface area contributed by atoms with Gasteiger partial charge in [0.05, 0.1) is 24.6 Å². The number of nitrogen functional groups attached to an aromatic ring is 1. The van der Waals surface area contributed by atoms with Crippen LogP contribution in [-0.2, 0) is 24.5 Å². The van der Waals surface area contributed by atoms with Gasteiger partial charge < -0.3 is 21.5 Å². The minimum Gasteiger partial charge on any atom is -0.475 e. The molecule has 0 fully saturated rings. The fourth-order valence-corrected chi connectivity index (χ4v) is 8.77. The molecule has 45 heavy (non-hydrogen) atoms. The van der Waals surface area contributed by atoms with Crippen LogP contribution in [0.25, 0.3) is 11.1 Å². The Labute approximate surface area is 267 Å². The molecule has 0 radical (unpaired) electrons. The van der Waals surface area contributed by atoms with Crippen molar-refractivity contribution in [1.82, 2.24) is 0 Å². The van der Waals surface area contributed by atoms with Crippen LogP contribution in [-0.4, -0.2) is 70.7 Å². The molecule has 18 heteroatoms. The van der Waals surface area contributed by atoms with E-state index in [-0.39, 0.29) is 39.6 Å². The van der Waals surface area contributed by atoms with E-state index in [4.69, 9.17) is 32.2 Å². The molecule has 246 valence electrons. The summed E-state index contributed by atoms with van der Waals surface area (Å²) >= 11 is 2.38. The van der Waals surface area contributed by atoms with Gasteiger partial charge in [-0.1, -0.05) is 30.3 Å². The van der Waals surface area contributed by atoms with Crippen molar-refractivity contribution >= 4 is 66.2 Å². The molecule has 3 rings (SSSR count). The summed E-state index contributed by atoms with van der Waals surface area (Å²) in [7, 11) is -7.31. The standard InChI is InChI=1S/C25H31N5O4S4.C2HF3O2/c1-16-8-4-5-9-18(16)17-10-11-19(30(25(28)29)12-6-7-13-37(3,31)32)21(14-17)38(33,34)22-15-20(23(26)27)36-24(22)35-2;3-2(4,5)1(6)7/h4-5,8-11,14-15H,6-7,12-13H2,1-3H3,(H3,26,27)(H3,28,29);(H,6,7). The number of halogens is 3. The van der Waals surface area contributed by atoms with Crippen LogP contribution in [0.2, 0.25) is 0 Å². The van der Waals surface area contributed by atoms with E-state index < -0.39 is 31.8 Å². The molecule has 0 saturated carbocycles. The number of aliphatic carboxylic acids is 1. The van der Waals surface area contributed by atoms with Crippen molar-refractivity contribution in [3.05, 3.63) is 59.0 Å². The number of hydrogen-bond donors (Lipinski definition) is 5. The molecule has 0 amide bonds. The predicted molar refractivity (Wildman–Crippen MR) is 171 cm³/mol. The third kappa shape index (κ3) is 10.2. The van der Waals surface area contributed by atoms with Gasteiger partial charge in [0.2, 0.25) is 9.84 Å². The van der Waals surface area contributed by atoms with Crippen LogP contribution >= 0.6 is 23.1 Å². The van der Waals surface area contributed by atoms with Crippen molar-refractivity contribution in [3.63, 3.8) is 0 Å². The van der Waals surface area contributed by atoms with Crippen molar-refractivity contribution < 1.29 is 39.9 Å². The number of nitrogens with zero attached hydrogens (tertiary/aromatic N) is 1. The average molecular weight is 708 g/mol. The van der Waals surface area contributed by atoms with Crippen molar-refractivity contribution in [3.8, 4) is 11.1 Å². The van der Waals surface area contributed by atoms with Crippen LogP contribution in [0.1, 0.15) is 23.3 Å². The summed E-state index contributed by atoms with van der Waals surface area (Å²) in [5.74, 6) is -3.36. The van der Waals surface area contributed by atoms with E-state index in [1.54, 1.807) is 24.5 Å². The SMILES string of the molecule is CSc1sc(C(=N)N)cc1S(=O)(=O)c1cc(-c2ccccc2C)ccc1N(CCCCS(C)(=O)=O)C(=N)N.O=C(O)C(F)(F)F. The van der Waals surface area contributed by atoms with E-state index in [1.165, 1.54) is 22.7 Å². The van der Waals surface area contributed by atoms with Gasteiger partial charge in [-0.25, -0.2) is 21.6 Å². The number of thioether (sulfide) groups is 1. The number of sulfone groups is 2. The van der Waals surface area contributed by atoms with Gasteiger partial charge >= 0.3 is 12.1 Å². The number of nitrogens with one attached hydrogen (secondary N) is 2. The minimum absolute atomic E-state index is 0.0179. The Morgan fingerprint density at radius 2 is 1.62 bits per heavy atom. The van der Waals surface area contributed by atoms with E-state index in [0.29, 0.717) is 27.5 Å². The Morgan fingerprint density at radius 3 is 2.11 bits per heavy atom. The van der Waals surface area contributed by atoms with Gasteiger partial charge in [-0.15, -0.1) is 23.1 Å². The number of unbranched alkanes of at least 4 members (excludes halogenated alkanes) is 1. The molecular formula is C27H32F3N5O6S4. The smallest absolute Gasteiger partial charge is 0.475 e. The molecule has 0 aliphatic carbocycles. The summed E-state index contributed by atoms with van der Waals surface area (Å²) in [5, 5.41) is 23.1. The number of thiophene rings is 1. The highest BCUT2D eigenvalue weighted by atomic mass is 32.2. The Hall–Kier alpha value is -3.61. The van der Waals surface area contributed by atoms with Gasteiger partial charge in [-0.05, 0) is 60.9 Å². The lowest BCUT2D eigenvalue weighted by Crippen LogP contribution is -2.38. The quantitative estimate of drug-likeness (QED) is 0.0802. The number of carbonyl (C=O) groups is 1. The Balaban J connectivity index is 0.000000900. The third-order valence-corrected chi connectivity index (χ3v) is 11.5. The molecule has 2 aromatic carbocycles. The summed E-state index contributed by atoms with van der Waals surface area (Å²) in [6, 6.07) is 14.0. The topological polar surface area (TPSA) is 209 Å². The molecule has 1 aromatic heterocycles. The summed E-state index contributed by atoms with van der Waals surface area (Å²) in [5.41, 5.74) is 14.3. The summed E-state index contributed by atoms with van der Waals surface area (Å²) in [6.45, 7) is 2.10. The predicted octanol–water partition coefficient (Wildman–Crippen LogP) is 4.72.